The van der Waals surface area contributed by atoms with Crippen LogP contribution in [-0.2, 0) is 14.6 Å². The average molecular weight is 509 g/mol. The summed E-state index contributed by atoms with van der Waals surface area (Å²) in [7, 11) is -3.63. The summed E-state index contributed by atoms with van der Waals surface area (Å²) in [4.78, 5) is 44.4. The van der Waals surface area contributed by atoms with Crippen molar-refractivity contribution in [3.63, 3.8) is 0 Å². The molecule has 0 aliphatic carbocycles. The van der Waals surface area contributed by atoms with Crippen LogP contribution in [0.3, 0.4) is 0 Å². The summed E-state index contributed by atoms with van der Waals surface area (Å²) in [6.07, 6.45) is 1.59. The van der Waals surface area contributed by atoms with Gasteiger partial charge in [-0.25, -0.2) is 18.0 Å². The first-order chi connectivity index (χ1) is 16.2. The Balaban J connectivity index is 1.84. The number of hydrogen-bond donors (Lipinski definition) is 2. The molecule has 11 nitrogen and oxygen atoms in total. The van der Waals surface area contributed by atoms with E-state index in [1.807, 2.05) is 0 Å². The zero-order chi connectivity index (χ0) is 26.1. The van der Waals surface area contributed by atoms with Gasteiger partial charge in [0, 0.05) is 31.4 Å². The molecule has 0 bridgehead atoms. The first-order valence-electron chi connectivity index (χ1n) is 11.4. The highest BCUT2D eigenvalue weighted by Gasteiger charge is 2.34. The fourth-order valence-corrected chi connectivity index (χ4v) is 5.41. The van der Waals surface area contributed by atoms with Gasteiger partial charge in [-0.3, -0.25) is 9.69 Å². The molecular formula is C23H32N4O7S. The first kappa shape index (κ1) is 26.5. The monoisotopic (exact) mass is 508 g/mol. The second kappa shape index (κ2) is 9.84. The van der Waals surface area contributed by atoms with Gasteiger partial charge in [-0.2, -0.15) is 4.98 Å². The van der Waals surface area contributed by atoms with Crippen molar-refractivity contribution in [3.05, 3.63) is 28.1 Å². The van der Waals surface area contributed by atoms with Crippen LogP contribution in [0.2, 0.25) is 0 Å². The minimum Gasteiger partial charge on any atom is -0.465 e. The number of nitrogens with zero attached hydrogens (tertiary/aromatic N) is 3. The molecular weight excluding hydrogens is 476 g/mol. The Hall–Kier alpha value is -3.15. The summed E-state index contributed by atoms with van der Waals surface area (Å²) in [5.41, 5.74) is -0.382. The number of carbonyl (C=O) groups excluding carboxylic acids is 1. The molecule has 0 saturated carbocycles. The Morgan fingerprint density at radius 2 is 1.89 bits per heavy atom. The molecule has 35 heavy (non-hydrogen) atoms. The molecule has 2 N–H and O–H groups in total. The maximum Gasteiger partial charge on any atom is 0.412 e. The number of fused-ring (bicyclic) bond motifs is 1. The summed E-state index contributed by atoms with van der Waals surface area (Å²) in [5, 5.41) is 11.5. The Morgan fingerprint density at radius 1 is 1.26 bits per heavy atom. The number of benzene rings is 1. The Morgan fingerprint density at radius 3 is 2.43 bits per heavy atom. The molecule has 1 aliphatic heterocycles. The number of aromatic nitrogens is 1. The van der Waals surface area contributed by atoms with Crippen LogP contribution in [0.5, 0.6) is 0 Å². The lowest BCUT2D eigenvalue weighted by atomic mass is 10.0. The van der Waals surface area contributed by atoms with Crippen LogP contribution in [0.15, 0.2) is 21.3 Å². The van der Waals surface area contributed by atoms with Crippen LogP contribution < -0.4 is 15.8 Å². The van der Waals surface area contributed by atoms with Gasteiger partial charge in [-0.15, -0.1) is 0 Å². The Kier molecular flexibility index (Phi) is 7.44. The maximum absolute atomic E-state index is 12.8. The van der Waals surface area contributed by atoms with Crippen molar-refractivity contribution in [2.24, 2.45) is 0 Å². The van der Waals surface area contributed by atoms with Crippen molar-refractivity contribution in [2.45, 2.75) is 57.7 Å². The second-order valence-corrected chi connectivity index (χ2v) is 12.0. The van der Waals surface area contributed by atoms with E-state index < -0.39 is 38.3 Å². The second-order valence-electron chi connectivity index (χ2n) is 9.77. The summed E-state index contributed by atoms with van der Waals surface area (Å²) >= 11 is 0. The molecule has 1 atom stereocenters. The molecule has 1 saturated heterocycles. The van der Waals surface area contributed by atoms with Crippen molar-refractivity contribution < 1.29 is 27.5 Å². The van der Waals surface area contributed by atoms with Crippen LogP contribution in [0.1, 0.15) is 45.6 Å². The van der Waals surface area contributed by atoms with Crippen molar-refractivity contribution in [1.82, 2.24) is 9.88 Å². The minimum atomic E-state index is -3.63. The zero-order valence-electron chi connectivity index (χ0n) is 20.6. The third kappa shape index (κ3) is 5.75. The lowest BCUT2D eigenvalue weighted by Gasteiger charge is -2.34. The van der Waals surface area contributed by atoms with Gasteiger partial charge in [0.05, 0.1) is 16.6 Å². The standard InChI is InChI=1S/C23H32N4O7S/c1-14-16(27(22(30)31)23(2,3)4)9-8-15-18(14)20(29)34-21(25-15)24-11-10-17(35(5,32)33)19(28)26-12-6-7-13-26/h8-9,17H,6-7,10-13H2,1-5H3,(H,24,25)(H,30,31). The zero-order valence-corrected chi connectivity index (χ0v) is 21.4. The molecule has 1 aromatic carbocycles. The highest BCUT2D eigenvalue weighted by atomic mass is 32.2. The molecule has 12 heteroatoms. The average Bonchev–Trinajstić information content (AvgIpc) is 3.25. The number of nitrogens with one attached hydrogen (secondary N) is 1. The third-order valence-electron chi connectivity index (χ3n) is 6.03. The number of amides is 2. The molecule has 1 aliphatic rings. The summed E-state index contributed by atoms with van der Waals surface area (Å²) in [6, 6.07) is 3.01. The van der Waals surface area contributed by atoms with Crippen LogP contribution in [0.25, 0.3) is 10.9 Å². The maximum atomic E-state index is 12.8. The number of anilines is 2. The van der Waals surface area contributed by atoms with Crippen LogP contribution in [0, 0.1) is 6.92 Å². The summed E-state index contributed by atoms with van der Waals surface area (Å²) in [5.74, 6) is -0.412. The lowest BCUT2D eigenvalue weighted by Crippen LogP contribution is -2.45. The van der Waals surface area contributed by atoms with E-state index in [-0.39, 0.29) is 24.4 Å². The molecule has 2 heterocycles. The fraction of sp³-hybridized carbons (Fsp3) is 0.565. The predicted octanol–water partition coefficient (Wildman–Crippen LogP) is 2.62. The van der Waals surface area contributed by atoms with E-state index in [0.29, 0.717) is 29.9 Å². The van der Waals surface area contributed by atoms with Gasteiger partial charge in [-0.1, -0.05) is 0 Å². The predicted molar refractivity (Wildman–Crippen MR) is 133 cm³/mol. The van der Waals surface area contributed by atoms with E-state index in [1.165, 1.54) is 11.0 Å². The number of carboxylic acid groups (broad SMARTS) is 1. The summed E-state index contributed by atoms with van der Waals surface area (Å²) in [6.45, 7) is 8.02. The van der Waals surface area contributed by atoms with Crippen LogP contribution >= 0.6 is 0 Å². The van der Waals surface area contributed by atoms with Crippen molar-refractivity contribution in [1.29, 1.82) is 0 Å². The third-order valence-corrected chi connectivity index (χ3v) is 7.50. The number of aryl methyl sites for hydroxylation is 1. The highest BCUT2D eigenvalue weighted by Crippen LogP contribution is 2.31. The van der Waals surface area contributed by atoms with E-state index in [2.05, 4.69) is 10.3 Å². The molecule has 192 valence electrons. The highest BCUT2D eigenvalue weighted by molar-refractivity contribution is 7.92. The van der Waals surface area contributed by atoms with Crippen LogP contribution in [0.4, 0.5) is 16.5 Å². The molecule has 3 rings (SSSR count). The van der Waals surface area contributed by atoms with Gasteiger partial charge < -0.3 is 19.7 Å². The molecule has 0 radical (unpaired) electrons. The Labute approximate surface area is 204 Å². The number of rotatable bonds is 7. The molecule has 1 unspecified atom stereocenters. The molecule has 2 aromatic rings. The van der Waals surface area contributed by atoms with Gasteiger partial charge in [0.25, 0.3) is 6.01 Å². The fourth-order valence-electron chi connectivity index (χ4n) is 4.35. The van der Waals surface area contributed by atoms with E-state index >= 15 is 0 Å². The van der Waals surface area contributed by atoms with E-state index in [9.17, 15) is 27.9 Å². The number of sulfone groups is 1. The normalized spacial score (nSPS) is 15.3. The van der Waals surface area contributed by atoms with E-state index in [4.69, 9.17) is 4.42 Å². The molecule has 0 spiro atoms. The Bertz CT molecular complexity index is 1290. The SMILES string of the molecule is Cc1c(N(C(=O)O)C(C)(C)C)ccc2nc(NCCC(C(=O)N3CCCC3)S(C)(=O)=O)oc(=O)c12. The molecule has 1 aromatic heterocycles. The van der Waals surface area contributed by atoms with E-state index in [0.717, 1.165) is 19.1 Å². The van der Waals surface area contributed by atoms with Gasteiger partial charge in [0.2, 0.25) is 5.91 Å². The van der Waals surface area contributed by atoms with Crippen LogP contribution in [-0.4, -0.2) is 72.1 Å². The smallest absolute Gasteiger partial charge is 0.412 e. The summed E-state index contributed by atoms with van der Waals surface area (Å²) < 4.78 is 29.8. The van der Waals surface area contributed by atoms with Gasteiger partial charge in [-0.05, 0) is 64.7 Å². The van der Waals surface area contributed by atoms with Gasteiger partial charge in [0.15, 0.2) is 9.84 Å². The van der Waals surface area contributed by atoms with Gasteiger partial charge >= 0.3 is 11.7 Å². The number of hydrogen-bond acceptors (Lipinski definition) is 8. The number of carbonyl (C=O) groups is 2. The van der Waals surface area contributed by atoms with Gasteiger partial charge in [0.1, 0.15) is 5.25 Å². The molecule has 1 fully saturated rings. The topological polar surface area (TPSA) is 150 Å². The van der Waals surface area contributed by atoms with Crippen molar-refractivity contribution in [2.75, 3.05) is 36.1 Å². The molecule has 2 amide bonds. The van der Waals surface area contributed by atoms with Crippen molar-refractivity contribution in [3.8, 4) is 0 Å². The van der Waals surface area contributed by atoms with E-state index in [1.54, 1.807) is 38.7 Å². The minimum absolute atomic E-state index is 0.00524. The number of likely N-dealkylation sites (tertiary alicyclic amines) is 1. The quantitative estimate of drug-likeness (QED) is 0.575. The lowest BCUT2D eigenvalue weighted by molar-refractivity contribution is -0.129. The largest absolute Gasteiger partial charge is 0.465 e. The van der Waals surface area contributed by atoms with Crippen molar-refractivity contribution >= 4 is 44.4 Å². The first-order valence-corrected chi connectivity index (χ1v) is 13.4.